The molecule has 0 amide bonds. The summed E-state index contributed by atoms with van der Waals surface area (Å²) in [7, 11) is 0. The van der Waals surface area contributed by atoms with Crippen LogP contribution >= 0.6 is 0 Å². The lowest BCUT2D eigenvalue weighted by Crippen LogP contribution is -2.49. The van der Waals surface area contributed by atoms with Crippen LogP contribution in [0.15, 0.2) is 22.9 Å². The van der Waals surface area contributed by atoms with E-state index in [0.717, 1.165) is 38.0 Å². The van der Waals surface area contributed by atoms with Gasteiger partial charge in [0.1, 0.15) is 6.07 Å². The third-order valence-corrected chi connectivity index (χ3v) is 4.96. The number of rotatable bonds is 3. The third-order valence-electron chi connectivity index (χ3n) is 4.96. The molecule has 0 aromatic heterocycles. The highest BCUT2D eigenvalue weighted by atomic mass is 15.1. The summed E-state index contributed by atoms with van der Waals surface area (Å²) in [5.41, 5.74) is 6.18. The molecule has 2 rings (SSSR count). The molecule has 2 unspecified atom stereocenters. The zero-order valence-electron chi connectivity index (χ0n) is 13.1. The second-order valence-corrected chi connectivity index (χ2v) is 5.95. The number of hydrogen-bond donors (Lipinski definition) is 1. The van der Waals surface area contributed by atoms with E-state index < -0.39 is 5.41 Å². The number of nitriles is 3. The maximum Gasteiger partial charge on any atom is 0.187 e. The van der Waals surface area contributed by atoms with Crippen LogP contribution in [0.4, 0.5) is 0 Å². The quantitative estimate of drug-likeness (QED) is 0.858. The second kappa shape index (κ2) is 6.22. The molecule has 2 atom stereocenters. The van der Waals surface area contributed by atoms with E-state index >= 15 is 0 Å². The van der Waals surface area contributed by atoms with E-state index in [4.69, 9.17) is 5.73 Å². The second-order valence-electron chi connectivity index (χ2n) is 5.95. The zero-order valence-corrected chi connectivity index (χ0v) is 13.1. The van der Waals surface area contributed by atoms with Gasteiger partial charge in [-0.15, -0.1) is 0 Å². The van der Waals surface area contributed by atoms with E-state index in [9.17, 15) is 15.8 Å². The minimum atomic E-state index is -1.39. The van der Waals surface area contributed by atoms with Crippen LogP contribution in [0.3, 0.4) is 0 Å². The number of likely N-dealkylation sites (N-methyl/N-ethyl adjacent to an activating group) is 1. The van der Waals surface area contributed by atoms with Gasteiger partial charge in [0.05, 0.1) is 23.4 Å². The molecule has 0 saturated carbocycles. The molecule has 0 radical (unpaired) electrons. The van der Waals surface area contributed by atoms with Crippen molar-refractivity contribution >= 4 is 0 Å². The van der Waals surface area contributed by atoms with Crippen molar-refractivity contribution in [3.8, 4) is 18.2 Å². The van der Waals surface area contributed by atoms with Gasteiger partial charge in [0.25, 0.3) is 0 Å². The SMILES string of the molecule is CCCC1C2CN(CC)CC=C2C(C#N)=C(N)C1(C#N)C#N. The third kappa shape index (κ3) is 2.17. The van der Waals surface area contributed by atoms with Gasteiger partial charge < -0.3 is 5.73 Å². The summed E-state index contributed by atoms with van der Waals surface area (Å²) in [6.45, 7) is 6.60. The average molecular weight is 295 g/mol. The van der Waals surface area contributed by atoms with Crippen molar-refractivity contribution in [1.29, 1.82) is 15.8 Å². The largest absolute Gasteiger partial charge is 0.399 e. The average Bonchev–Trinajstić information content (AvgIpc) is 2.56. The van der Waals surface area contributed by atoms with Gasteiger partial charge in [0.2, 0.25) is 0 Å². The van der Waals surface area contributed by atoms with Crippen molar-refractivity contribution < 1.29 is 0 Å². The summed E-state index contributed by atoms with van der Waals surface area (Å²) in [4.78, 5) is 2.27. The molecule has 0 fully saturated rings. The minimum Gasteiger partial charge on any atom is -0.399 e. The van der Waals surface area contributed by atoms with Crippen molar-refractivity contribution in [2.24, 2.45) is 23.0 Å². The maximum atomic E-state index is 9.71. The Labute approximate surface area is 131 Å². The molecule has 1 aliphatic carbocycles. The van der Waals surface area contributed by atoms with Gasteiger partial charge in [-0.25, -0.2) is 0 Å². The van der Waals surface area contributed by atoms with Crippen LogP contribution in [0.5, 0.6) is 0 Å². The molecular formula is C17H21N5. The van der Waals surface area contributed by atoms with E-state index in [0.29, 0.717) is 5.57 Å². The van der Waals surface area contributed by atoms with Crippen LogP contribution in [-0.4, -0.2) is 24.5 Å². The number of fused-ring (bicyclic) bond motifs is 1. The van der Waals surface area contributed by atoms with Gasteiger partial charge in [0.15, 0.2) is 5.41 Å². The summed E-state index contributed by atoms with van der Waals surface area (Å²) < 4.78 is 0. The lowest BCUT2D eigenvalue weighted by atomic mass is 9.59. The standard InChI is InChI=1S/C17H21N5/c1-3-5-15-14-9-22(4-2)7-6-12(14)13(8-18)16(21)17(15,10-19)11-20/h6,14-15H,3-5,7,9,21H2,1-2H3. The van der Waals surface area contributed by atoms with Crippen LogP contribution in [0.1, 0.15) is 26.7 Å². The molecule has 0 aromatic rings. The van der Waals surface area contributed by atoms with Crippen LogP contribution in [0.2, 0.25) is 0 Å². The predicted octanol–water partition coefficient (Wildman–Crippen LogP) is 2.06. The van der Waals surface area contributed by atoms with E-state index in [2.05, 4.69) is 30.0 Å². The topological polar surface area (TPSA) is 101 Å². The fourth-order valence-electron chi connectivity index (χ4n) is 3.74. The Bertz CT molecular complexity index is 623. The van der Waals surface area contributed by atoms with E-state index in [1.54, 1.807) is 0 Å². The molecule has 0 saturated heterocycles. The van der Waals surface area contributed by atoms with E-state index in [-0.39, 0.29) is 17.5 Å². The van der Waals surface area contributed by atoms with E-state index in [1.807, 2.05) is 13.0 Å². The minimum absolute atomic E-state index is 0.0231. The highest BCUT2D eigenvalue weighted by Gasteiger charge is 2.53. The highest BCUT2D eigenvalue weighted by Crippen LogP contribution is 2.50. The molecule has 5 heteroatoms. The van der Waals surface area contributed by atoms with Crippen LogP contribution in [-0.2, 0) is 0 Å². The van der Waals surface area contributed by atoms with Crippen molar-refractivity contribution in [3.63, 3.8) is 0 Å². The first kappa shape index (κ1) is 16.1. The highest BCUT2D eigenvalue weighted by molar-refractivity contribution is 5.56. The molecule has 2 N–H and O–H groups in total. The predicted molar refractivity (Wildman–Crippen MR) is 82.6 cm³/mol. The smallest absolute Gasteiger partial charge is 0.187 e. The van der Waals surface area contributed by atoms with Gasteiger partial charge in [-0.2, -0.15) is 15.8 Å². The molecule has 1 aliphatic heterocycles. The molecule has 1 heterocycles. The van der Waals surface area contributed by atoms with Gasteiger partial charge in [-0.05, 0) is 18.5 Å². The lowest BCUT2D eigenvalue weighted by Gasteiger charge is -2.45. The van der Waals surface area contributed by atoms with E-state index in [1.165, 1.54) is 0 Å². The Morgan fingerprint density at radius 3 is 2.50 bits per heavy atom. The Morgan fingerprint density at radius 2 is 2.00 bits per heavy atom. The first-order chi connectivity index (χ1) is 10.6. The molecule has 0 aromatic carbocycles. The fraction of sp³-hybridized carbons (Fsp3) is 0.588. The Hall–Kier alpha value is -2.29. The van der Waals surface area contributed by atoms with Crippen LogP contribution < -0.4 is 5.73 Å². The number of nitrogens with zero attached hydrogens (tertiary/aromatic N) is 4. The van der Waals surface area contributed by atoms with Crippen molar-refractivity contribution in [1.82, 2.24) is 4.90 Å². The Kier molecular flexibility index (Phi) is 4.55. The lowest BCUT2D eigenvalue weighted by molar-refractivity contribution is 0.163. The maximum absolute atomic E-state index is 9.71. The molecule has 5 nitrogen and oxygen atoms in total. The number of nitrogens with two attached hydrogens (primary N) is 1. The summed E-state index contributed by atoms with van der Waals surface area (Å²) in [5.74, 6) is -0.139. The number of hydrogen-bond acceptors (Lipinski definition) is 5. The number of allylic oxidation sites excluding steroid dienone is 2. The normalized spacial score (nSPS) is 27.1. The Balaban J connectivity index is 2.67. The monoisotopic (exact) mass is 295 g/mol. The zero-order chi connectivity index (χ0) is 16.3. The summed E-state index contributed by atoms with van der Waals surface area (Å²) in [6, 6.07) is 6.42. The fourth-order valence-corrected chi connectivity index (χ4v) is 3.74. The van der Waals surface area contributed by atoms with Crippen LogP contribution in [0.25, 0.3) is 0 Å². The van der Waals surface area contributed by atoms with Crippen molar-refractivity contribution in [3.05, 3.63) is 22.9 Å². The molecule has 22 heavy (non-hydrogen) atoms. The molecular weight excluding hydrogens is 274 g/mol. The molecule has 114 valence electrons. The van der Waals surface area contributed by atoms with Gasteiger partial charge in [-0.1, -0.05) is 26.3 Å². The molecule has 0 bridgehead atoms. The summed E-state index contributed by atoms with van der Waals surface area (Å²) in [5, 5.41) is 28.9. The van der Waals surface area contributed by atoms with Crippen molar-refractivity contribution in [2.45, 2.75) is 26.7 Å². The van der Waals surface area contributed by atoms with Gasteiger partial charge >= 0.3 is 0 Å². The molecule has 2 aliphatic rings. The van der Waals surface area contributed by atoms with Gasteiger partial charge in [-0.3, -0.25) is 4.90 Å². The summed E-state index contributed by atoms with van der Waals surface area (Å²) in [6.07, 6.45) is 3.67. The summed E-state index contributed by atoms with van der Waals surface area (Å²) >= 11 is 0. The van der Waals surface area contributed by atoms with Gasteiger partial charge in [0, 0.05) is 24.9 Å². The molecule has 0 spiro atoms. The van der Waals surface area contributed by atoms with Crippen LogP contribution in [0, 0.1) is 51.2 Å². The van der Waals surface area contributed by atoms with Crippen molar-refractivity contribution in [2.75, 3.05) is 19.6 Å². The Morgan fingerprint density at radius 1 is 1.32 bits per heavy atom. The first-order valence-corrected chi connectivity index (χ1v) is 7.75. The first-order valence-electron chi connectivity index (χ1n) is 7.75.